The zero-order chi connectivity index (χ0) is 14.0. The monoisotopic (exact) mass is 281 g/mol. The van der Waals surface area contributed by atoms with E-state index in [1.165, 1.54) is 12.1 Å². The maximum Gasteiger partial charge on any atom is 0.222 e. The summed E-state index contributed by atoms with van der Waals surface area (Å²) >= 11 is 4.93. The fraction of sp³-hybridized carbons (Fsp3) is 0.385. The summed E-state index contributed by atoms with van der Waals surface area (Å²) in [5, 5.41) is 3.28. The first-order chi connectivity index (χ1) is 8.97. The van der Waals surface area contributed by atoms with E-state index < -0.39 is 0 Å². The van der Waals surface area contributed by atoms with Gasteiger partial charge in [0.2, 0.25) is 5.91 Å². The largest absolute Gasteiger partial charge is 0.389 e. The number of thiocarbonyl (C=S) groups is 1. The van der Waals surface area contributed by atoms with Crippen molar-refractivity contribution in [2.75, 3.05) is 18.9 Å². The number of hydrogen-bond acceptors (Lipinski definition) is 3. The van der Waals surface area contributed by atoms with Gasteiger partial charge in [-0.3, -0.25) is 4.79 Å². The lowest BCUT2D eigenvalue weighted by Gasteiger charge is -2.31. The van der Waals surface area contributed by atoms with Gasteiger partial charge >= 0.3 is 0 Å². The lowest BCUT2D eigenvalue weighted by atomic mass is 10.0. The van der Waals surface area contributed by atoms with E-state index in [1.54, 1.807) is 18.0 Å². The highest BCUT2D eigenvalue weighted by Gasteiger charge is 2.23. The maximum atomic E-state index is 13.2. The van der Waals surface area contributed by atoms with Gasteiger partial charge in [-0.05, 0) is 24.6 Å². The third kappa shape index (κ3) is 3.20. The number of benzene rings is 1. The van der Waals surface area contributed by atoms with Crippen LogP contribution in [-0.2, 0) is 4.79 Å². The van der Waals surface area contributed by atoms with Gasteiger partial charge in [0.15, 0.2) is 0 Å². The molecule has 19 heavy (non-hydrogen) atoms. The molecule has 4 nitrogen and oxygen atoms in total. The first kappa shape index (κ1) is 13.7. The number of nitrogens with one attached hydrogen (secondary N) is 1. The summed E-state index contributed by atoms with van der Waals surface area (Å²) in [6.07, 6.45) is 1.26. The molecule has 1 heterocycles. The Balaban J connectivity index is 2.15. The van der Waals surface area contributed by atoms with Crippen molar-refractivity contribution in [3.8, 4) is 0 Å². The second-order valence-corrected chi connectivity index (χ2v) is 5.15. The molecule has 0 radical (unpaired) electrons. The number of likely N-dealkylation sites (N-methyl/N-ethyl adjacent to an activating group) is 1. The molecule has 1 aliphatic rings. The van der Waals surface area contributed by atoms with E-state index in [0.29, 0.717) is 24.2 Å². The molecule has 1 amide bonds. The molecule has 1 atom stereocenters. The Bertz CT molecular complexity index is 521. The molecular formula is C13H16FN3OS. The molecule has 1 saturated heterocycles. The van der Waals surface area contributed by atoms with Gasteiger partial charge < -0.3 is 16.0 Å². The van der Waals surface area contributed by atoms with Crippen LogP contribution in [-0.4, -0.2) is 35.4 Å². The zero-order valence-electron chi connectivity index (χ0n) is 10.6. The molecule has 3 N–H and O–H groups in total. The average Bonchev–Trinajstić information content (AvgIpc) is 2.36. The number of nitrogens with two attached hydrogens (primary N) is 1. The summed E-state index contributed by atoms with van der Waals surface area (Å²) in [5.41, 5.74) is 6.80. The van der Waals surface area contributed by atoms with Crippen LogP contribution in [0.25, 0.3) is 0 Å². The van der Waals surface area contributed by atoms with Gasteiger partial charge in [-0.25, -0.2) is 4.39 Å². The number of carbonyl (C=O) groups is 1. The Kier molecular flexibility index (Phi) is 3.99. The van der Waals surface area contributed by atoms with Gasteiger partial charge in [-0.1, -0.05) is 12.2 Å². The van der Waals surface area contributed by atoms with Gasteiger partial charge in [-0.2, -0.15) is 0 Å². The summed E-state index contributed by atoms with van der Waals surface area (Å²) < 4.78 is 13.2. The molecule has 1 aromatic rings. The average molecular weight is 281 g/mol. The van der Waals surface area contributed by atoms with E-state index in [1.807, 2.05) is 0 Å². The number of hydrogen-bond donors (Lipinski definition) is 2. The minimum atomic E-state index is -0.371. The fourth-order valence-electron chi connectivity index (χ4n) is 2.20. The molecule has 1 fully saturated rings. The van der Waals surface area contributed by atoms with Gasteiger partial charge in [0.25, 0.3) is 0 Å². The number of nitrogens with zero attached hydrogens (tertiary/aromatic N) is 1. The molecule has 0 bridgehead atoms. The number of likely N-dealkylation sites (tertiary alicyclic amines) is 1. The molecule has 102 valence electrons. The Morgan fingerprint density at radius 2 is 2.32 bits per heavy atom. The van der Waals surface area contributed by atoms with Crippen molar-refractivity contribution < 1.29 is 9.18 Å². The highest BCUT2D eigenvalue weighted by atomic mass is 32.1. The van der Waals surface area contributed by atoms with Crippen molar-refractivity contribution in [2.24, 2.45) is 5.73 Å². The van der Waals surface area contributed by atoms with Gasteiger partial charge in [0, 0.05) is 37.3 Å². The first-order valence-corrected chi connectivity index (χ1v) is 6.48. The van der Waals surface area contributed by atoms with E-state index in [-0.39, 0.29) is 22.8 Å². The van der Waals surface area contributed by atoms with Gasteiger partial charge in [0.05, 0.1) is 0 Å². The molecule has 0 saturated carbocycles. The number of halogens is 1. The van der Waals surface area contributed by atoms with Crippen LogP contribution in [0.1, 0.15) is 18.4 Å². The van der Waals surface area contributed by atoms with Gasteiger partial charge in [0.1, 0.15) is 10.8 Å². The van der Waals surface area contributed by atoms with Crippen LogP contribution in [0.15, 0.2) is 18.2 Å². The molecule has 1 aromatic carbocycles. The van der Waals surface area contributed by atoms with Crippen molar-refractivity contribution in [3.05, 3.63) is 29.6 Å². The molecule has 0 aliphatic carbocycles. The Hall–Kier alpha value is -1.69. The molecule has 2 rings (SSSR count). The second-order valence-electron chi connectivity index (χ2n) is 4.71. The minimum absolute atomic E-state index is 0.126. The number of piperidine rings is 1. The van der Waals surface area contributed by atoms with Crippen LogP contribution < -0.4 is 11.1 Å². The normalized spacial score (nSPS) is 19.4. The maximum absolute atomic E-state index is 13.2. The Morgan fingerprint density at radius 1 is 1.58 bits per heavy atom. The van der Waals surface area contributed by atoms with Crippen molar-refractivity contribution in [1.82, 2.24) is 4.90 Å². The highest BCUT2D eigenvalue weighted by Crippen LogP contribution is 2.21. The smallest absolute Gasteiger partial charge is 0.222 e. The van der Waals surface area contributed by atoms with Crippen molar-refractivity contribution in [2.45, 2.75) is 18.9 Å². The predicted molar refractivity (Wildman–Crippen MR) is 76.6 cm³/mol. The summed E-state index contributed by atoms with van der Waals surface area (Å²) in [4.78, 5) is 13.3. The van der Waals surface area contributed by atoms with E-state index in [0.717, 1.165) is 6.42 Å². The van der Waals surface area contributed by atoms with Crippen molar-refractivity contribution in [3.63, 3.8) is 0 Å². The van der Waals surface area contributed by atoms with Crippen LogP contribution in [0.2, 0.25) is 0 Å². The molecular weight excluding hydrogens is 265 g/mol. The topological polar surface area (TPSA) is 58.4 Å². The van der Waals surface area contributed by atoms with Crippen molar-refractivity contribution >= 4 is 28.8 Å². The summed E-state index contributed by atoms with van der Waals surface area (Å²) in [6, 6.07) is 4.44. The molecule has 1 aliphatic heterocycles. The summed E-state index contributed by atoms with van der Waals surface area (Å²) in [7, 11) is 1.77. The van der Waals surface area contributed by atoms with E-state index in [4.69, 9.17) is 18.0 Å². The lowest BCUT2D eigenvalue weighted by Crippen LogP contribution is -2.43. The van der Waals surface area contributed by atoms with Crippen molar-refractivity contribution in [1.29, 1.82) is 0 Å². The highest BCUT2D eigenvalue weighted by molar-refractivity contribution is 7.80. The van der Waals surface area contributed by atoms with Crippen LogP contribution in [0.3, 0.4) is 0 Å². The van der Waals surface area contributed by atoms with Crippen LogP contribution in [0, 0.1) is 5.82 Å². The SMILES string of the molecule is CN1CC(Nc2ccc(F)cc2C(N)=S)CCC1=O. The first-order valence-electron chi connectivity index (χ1n) is 6.07. The van der Waals surface area contributed by atoms with E-state index >= 15 is 0 Å². The molecule has 6 heteroatoms. The zero-order valence-corrected chi connectivity index (χ0v) is 11.5. The van der Waals surface area contributed by atoms with Crippen LogP contribution in [0.5, 0.6) is 0 Å². The second kappa shape index (κ2) is 5.52. The molecule has 0 spiro atoms. The third-order valence-electron chi connectivity index (χ3n) is 3.23. The number of amides is 1. The number of rotatable bonds is 3. The Morgan fingerprint density at radius 3 is 2.95 bits per heavy atom. The predicted octanol–water partition coefficient (Wildman–Crippen LogP) is 1.49. The third-order valence-corrected chi connectivity index (χ3v) is 3.45. The summed E-state index contributed by atoms with van der Waals surface area (Å²) in [5.74, 6) is -0.226. The fourth-order valence-corrected chi connectivity index (χ4v) is 2.37. The number of carbonyl (C=O) groups excluding carboxylic acids is 1. The lowest BCUT2D eigenvalue weighted by molar-refractivity contribution is -0.132. The van der Waals surface area contributed by atoms with Crippen LogP contribution >= 0.6 is 12.2 Å². The number of anilines is 1. The van der Waals surface area contributed by atoms with Crippen LogP contribution in [0.4, 0.5) is 10.1 Å². The molecule has 0 aromatic heterocycles. The standard InChI is InChI=1S/C13H16FN3OS/c1-17-7-9(3-5-12(17)18)16-11-4-2-8(14)6-10(11)13(15)19/h2,4,6,9,16H,3,5,7H2,1H3,(H2,15,19). The summed E-state index contributed by atoms with van der Waals surface area (Å²) in [6.45, 7) is 0.618. The van der Waals surface area contributed by atoms with Gasteiger partial charge in [-0.15, -0.1) is 0 Å². The quantitative estimate of drug-likeness (QED) is 0.824. The molecule has 1 unspecified atom stereocenters. The Labute approximate surface area is 116 Å². The van der Waals surface area contributed by atoms with E-state index in [2.05, 4.69) is 5.32 Å². The van der Waals surface area contributed by atoms with E-state index in [9.17, 15) is 9.18 Å². The minimum Gasteiger partial charge on any atom is -0.389 e.